The van der Waals surface area contributed by atoms with E-state index < -0.39 is 17.7 Å². The van der Waals surface area contributed by atoms with Gasteiger partial charge in [-0.3, -0.25) is 19.5 Å². The fourth-order valence-corrected chi connectivity index (χ4v) is 3.98. The van der Waals surface area contributed by atoms with Crippen LogP contribution in [0, 0.1) is 13.8 Å². The number of Topliss-reactive ketones (excluding diaryl/α,β-unsaturated/α-hetero) is 1. The lowest BCUT2D eigenvalue weighted by Crippen LogP contribution is -2.30. The number of amides is 1. The number of hydrogen-bond acceptors (Lipinski definition) is 5. The Hall–Kier alpha value is -3.93. The first-order valence-corrected chi connectivity index (χ1v) is 11.0. The Balaban J connectivity index is 1.87. The second-order valence-electron chi connectivity index (χ2n) is 8.02. The number of rotatable bonds is 6. The number of aromatic nitrogens is 1. The van der Waals surface area contributed by atoms with Crippen LogP contribution in [0.15, 0.2) is 72.4 Å². The zero-order valence-corrected chi connectivity index (χ0v) is 18.9. The van der Waals surface area contributed by atoms with Crippen LogP contribution in [0.3, 0.4) is 0 Å². The van der Waals surface area contributed by atoms with Gasteiger partial charge in [0, 0.05) is 17.4 Å². The van der Waals surface area contributed by atoms with Crippen molar-refractivity contribution in [3.8, 4) is 5.75 Å². The van der Waals surface area contributed by atoms with Crippen molar-refractivity contribution in [3.05, 3.63) is 94.8 Å². The molecule has 1 unspecified atom stereocenters. The highest BCUT2D eigenvalue weighted by Crippen LogP contribution is 2.42. The van der Waals surface area contributed by atoms with E-state index in [2.05, 4.69) is 4.98 Å². The molecule has 1 N–H and O–H groups in total. The SMILES string of the molecule is CCCOc1ccc(/C(O)=C2\C(=O)C(=O)N(c3cccc(C)c3C)C2c2ccccn2)cc1. The minimum Gasteiger partial charge on any atom is -0.507 e. The number of pyridine rings is 1. The maximum absolute atomic E-state index is 13.3. The molecule has 6 nitrogen and oxygen atoms in total. The van der Waals surface area contributed by atoms with Crippen molar-refractivity contribution in [2.24, 2.45) is 0 Å². The molecular weight excluding hydrogens is 416 g/mol. The Kier molecular flexibility index (Phi) is 6.27. The zero-order valence-electron chi connectivity index (χ0n) is 18.9. The molecule has 4 rings (SSSR count). The summed E-state index contributed by atoms with van der Waals surface area (Å²) in [5, 5.41) is 11.2. The van der Waals surface area contributed by atoms with E-state index in [-0.39, 0.29) is 11.3 Å². The number of carbonyl (C=O) groups excluding carboxylic acids is 2. The Morgan fingerprint density at radius 2 is 1.79 bits per heavy atom. The lowest BCUT2D eigenvalue weighted by atomic mass is 9.97. The number of aryl methyl sites for hydroxylation is 1. The predicted molar refractivity (Wildman–Crippen MR) is 127 cm³/mol. The van der Waals surface area contributed by atoms with Gasteiger partial charge in [-0.15, -0.1) is 0 Å². The topological polar surface area (TPSA) is 79.7 Å². The van der Waals surface area contributed by atoms with Crippen LogP contribution in [-0.4, -0.2) is 28.4 Å². The van der Waals surface area contributed by atoms with Crippen LogP contribution in [0.1, 0.15) is 41.8 Å². The molecule has 1 atom stereocenters. The summed E-state index contributed by atoms with van der Waals surface area (Å²) < 4.78 is 5.61. The van der Waals surface area contributed by atoms with Gasteiger partial charge in [0.15, 0.2) is 0 Å². The van der Waals surface area contributed by atoms with Crippen molar-refractivity contribution >= 4 is 23.1 Å². The van der Waals surface area contributed by atoms with Gasteiger partial charge in [-0.25, -0.2) is 0 Å². The van der Waals surface area contributed by atoms with Crippen LogP contribution >= 0.6 is 0 Å². The van der Waals surface area contributed by atoms with Gasteiger partial charge in [-0.1, -0.05) is 25.1 Å². The third-order valence-electron chi connectivity index (χ3n) is 5.85. The summed E-state index contributed by atoms with van der Waals surface area (Å²) >= 11 is 0. The summed E-state index contributed by atoms with van der Waals surface area (Å²) in [4.78, 5) is 32.3. The van der Waals surface area contributed by atoms with Crippen molar-refractivity contribution in [2.75, 3.05) is 11.5 Å². The number of aliphatic hydroxyl groups is 1. The van der Waals surface area contributed by atoms with E-state index in [9.17, 15) is 14.7 Å². The Labute approximate surface area is 193 Å². The first kappa shape index (κ1) is 22.3. The van der Waals surface area contributed by atoms with E-state index in [0.717, 1.165) is 17.5 Å². The van der Waals surface area contributed by atoms with Crippen LogP contribution < -0.4 is 9.64 Å². The summed E-state index contributed by atoms with van der Waals surface area (Å²) in [7, 11) is 0. The molecule has 0 radical (unpaired) electrons. The minimum absolute atomic E-state index is 0.0156. The van der Waals surface area contributed by atoms with E-state index in [1.54, 1.807) is 48.7 Å². The average molecular weight is 443 g/mol. The lowest BCUT2D eigenvalue weighted by Gasteiger charge is -2.26. The quantitative estimate of drug-likeness (QED) is 0.326. The summed E-state index contributed by atoms with van der Waals surface area (Å²) in [6.45, 7) is 6.47. The van der Waals surface area contributed by atoms with Crippen molar-refractivity contribution < 1.29 is 19.4 Å². The molecule has 1 amide bonds. The van der Waals surface area contributed by atoms with Crippen LogP contribution in [0.5, 0.6) is 5.75 Å². The lowest BCUT2D eigenvalue weighted by molar-refractivity contribution is -0.132. The van der Waals surface area contributed by atoms with Gasteiger partial charge < -0.3 is 9.84 Å². The number of carbonyl (C=O) groups is 2. The van der Waals surface area contributed by atoms with Crippen LogP contribution in [0.4, 0.5) is 5.69 Å². The van der Waals surface area contributed by atoms with Crippen molar-refractivity contribution in [3.63, 3.8) is 0 Å². The van der Waals surface area contributed by atoms with Gasteiger partial charge in [0.25, 0.3) is 11.7 Å². The predicted octanol–water partition coefficient (Wildman–Crippen LogP) is 5.11. The molecule has 2 heterocycles. The van der Waals surface area contributed by atoms with Gasteiger partial charge in [-0.2, -0.15) is 0 Å². The molecule has 33 heavy (non-hydrogen) atoms. The highest BCUT2D eigenvalue weighted by molar-refractivity contribution is 6.51. The second kappa shape index (κ2) is 9.28. The molecule has 6 heteroatoms. The van der Waals surface area contributed by atoms with Crippen molar-refractivity contribution in [1.82, 2.24) is 4.98 Å². The Morgan fingerprint density at radius 1 is 1.03 bits per heavy atom. The number of ketones is 1. The van der Waals surface area contributed by atoms with Gasteiger partial charge in [0.2, 0.25) is 0 Å². The number of ether oxygens (including phenoxy) is 1. The third-order valence-corrected chi connectivity index (χ3v) is 5.85. The van der Waals surface area contributed by atoms with E-state index in [1.807, 2.05) is 39.0 Å². The molecule has 3 aromatic rings. The normalized spacial score (nSPS) is 17.4. The number of benzene rings is 2. The summed E-state index contributed by atoms with van der Waals surface area (Å²) in [5.41, 5.74) is 3.45. The van der Waals surface area contributed by atoms with Gasteiger partial charge >= 0.3 is 0 Å². The van der Waals surface area contributed by atoms with Gasteiger partial charge in [0.1, 0.15) is 17.6 Å². The minimum atomic E-state index is -0.845. The fourth-order valence-electron chi connectivity index (χ4n) is 3.98. The molecule has 1 aliphatic rings. The molecule has 0 bridgehead atoms. The Bertz CT molecular complexity index is 1220. The molecule has 1 saturated heterocycles. The monoisotopic (exact) mass is 442 g/mol. The molecule has 1 aromatic heterocycles. The standard InChI is InChI=1S/C27H26N2O4/c1-4-16-33-20-13-11-19(12-14-20)25(30)23-24(21-9-5-6-15-28-21)29(27(32)26(23)31)22-10-7-8-17(2)18(22)3/h5-15,24,30H,4,16H2,1-3H3/b25-23+. The third kappa shape index (κ3) is 4.12. The molecule has 0 spiro atoms. The molecule has 1 aliphatic heterocycles. The summed E-state index contributed by atoms with van der Waals surface area (Å²) in [5.74, 6) is -0.997. The smallest absolute Gasteiger partial charge is 0.300 e. The fraction of sp³-hybridized carbons (Fsp3) is 0.222. The van der Waals surface area contributed by atoms with E-state index in [0.29, 0.717) is 29.3 Å². The highest BCUT2D eigenvalue weighted by atomic mass is 16.5. The molecule has 0 saturated carbocycles. The summed E-state index contributed by atoms with van der Waals surface area (Å²) in [6.07, 6.45) is 2.49. The summed E-state index contributed by atoms with van der Waals surface area (Å²) in [6, 6.07) is 16.9. The molecular formula is C27H26N2O4. The van der Waals surface area contributed by atoms with Crippen LogP contribution in [-0.2, 0) is 9.59 Å². The number of hydrogen-bond donors (Lipinski definition) is 1. The van der Waals surface area contributed by atoms with Gasteiger partial charge in [-0.05, 0) is 73.9 Å². The van der Waals surface area contributed by atoms with E-state index in [4.69, 9.17) is 4.74 Å². The maximum atomic E-state index is 13.3. The molecule has 168 valence electrons. The van der Waals surface area contributed by atoms with Crippen LogP contribution in [0.25, 0.3) is 5.76 Å². The molecule has 0 aliphatic carbocycles. The number of nitrogens with zero attached hydrogens (tertiary/aromatic N) is 2. The Morgan fingerprint density at radius 3 is 2.45 bits per heavy atom. The first-order valence-electron chi connectivity index (χ1n) is 11.0. The van der Waals surface area contributed by atoms with E-state index in [1.165, 1.54) is 4.90 Å². The average Bonchev–Trinajstić information content (AvgIpc) is 3.10. The van der Waals surface area contributed by atoms with Crippen LogP contribution in [0.2, 0.25) is 0 Å². The second-order valence-corrected chi connectivity index (χ2v) is 8.02. The van der Waals surface area contributed by atoms with Gasteiger partial charge in [0.05, 0.1) is 17.9 Å². The maximum Gasteiger partial charge on any atom is 0.300 e. The van der Waals surface area contributed by atoms with Crippen molar-refractivity contribution in [2.45, 2.75) is 33.2 Å². The van der Waals surface area contributed by atoms with E-state index >= 15 is 0 Å². The first-order chi connectivity index (χ1) is 15.9. The van der Waals surface area contributed by atoms with Crippen molar-refractivity contribution in [1.29, 1.82) is 0 Å². The molecule has 1 fully saturated rings. The largest absolute Gasteiger partial charge is 0.507 e. The number of aliphatic hydroxyl groups excluding tert-OH is 1. The molecule has 2 aromatic carbocycles. The number of anilines is 1. The zero-order chi connectivity index (χ0) is 23.5. The highest BCUT2D eigenvalue weighted by Gasteiger charge is 2.48.